The summed E-state index contributed by atoms with van der Waals surface area (Å²) in [6.45, 7) is 4.32. The SMILES string of the molecule is COC(=O)COc1ccc(CC(C)NCC(O)c2occ3ccccc23)cc1C. The summed E-state index contributed by atoms with van der Waals surface area (Å²) in [4.78, 5) is 11.2. The van der Waals surface area contributed by atoms with E-state index in [9.17, 15) is 9.90 Å². The number of carbonyl (C=O) groups excluding carboxylic acids is 1. The van der Waals surface area contributed by atoms with Crippen molar-refractivity contribution in [2.24, 2.45) is 0 Å². The molecule has 0 aliphatic heterocycles. The zero-order valence-electron chi connectivity index (χ0n) is 17.0. The number of aryl methyl sites for hydroxylation is 1. The largest absolute Gasteiger partial charge is 0.482 e. The number of aliphatic hydroxyl groups is 1. The van der Waals surface area contributed by atoms with Gasteiger partial charge in [-0.25, -0.2) is 4.79 Å². The second-order valence-corrected chi connectivity index (χ2v) is 7.18. The van der Waals surface area contributed by atoms with Crippen molar-refractivity contribution in [3.63, 3.8) is 0 Å². The summed E-state index contributed by atoms with van der Waals surface area (Å²) in [6.07, 6.45) is 1.75. The van der Waals surface area contributed by atoms with E-state index in [1.54, 1.807) is 6.26 Å². The number of furan rings is 1. The Morgan fingerprint density at radius 3 is 2.79 bits per heavy atom. The number of carbonyl (C=O) groups is 1. The highest BCUT2D eigenvalue weighted by Crippen LogP contribution is 2.26. The third kappa shape index (κ3) is 5.37. The zero-order chi connectivity index (χ0) is 20.8. The van der Waals surface area contributed by atoms with E-state index in [0.29, 0.717) is 18.1 Å². The van der Waals surface area contributed by atoms with Crippen LogP contribution in [-0.2, 0) is 16.0 Å². The molecule has 154 valence electrons. The van der Waals surface area contributed by atoms with Gasteiger partial charge >= 0.3 is 5.97 Å². The van der Waals surface area contributed by atoms with Crippen LogP contribution >= 0.6 is 0 Å². The van der Waals surface area contributed by atoms with Gasteiger partial charge in [-0.3, -0.25) is 0 Å². The summed E-state index contributed by atoms with van der Waals surface area (Å²) >= 11 is 0. The Morgan fingerprint density at radius 2 is 2.03 bits per heavy atom. The van der Waals surface area contributed by atoms with Crippen molar-refractivity contribution in [3.8, 4) is 5.75 Å². The van der Waals surface area contributed by atoms with Crippen LogP contribution in [0.5, 0.6) is 5.75 Å². The fourth-order valence-electron chi connectivity index (χ4n) is 3.30. The fourth-order valence-corrected chi connectivity index (χ4v) is 3.30. The maximum atomic E-state index is 11.2. The Balaban J connectivity index is 1.53. The summed E-state index contributed by atoms with van der Waals surface area (Å²) in [5.74, 6) is 0.845. The lowest BCUT2D eigenvalue weighted by molar-refractivity contribution is -0.142. The van der Waals surface area contributed by atoms with Crippen LogP contribution in [0.1, 0.15) is 29.9 Å². The molecule has 2 aromatic carbocycles. The van der Waals surface area contributed by atoms with Crippen molar-refractivity contribution in [1.82, 2.24) is 5.32 Å². The molecule has 2 unspecified atom stereocenters. The van der Waals surface area contributed by atoms with Gasteiger partial charge in [0.25, 0.3) is 0 Å². The van der Waals surface area contributed by atoms with E-state index in [2.05, 4.69) is 17.0 Å². The van der Waals surface area contributed by atoms with Crippen molar-refractivity contribution in [2.45, 2.75) is 32.4 Å². The van der Waals surface area contributed by atoms with E-state index < -0.39 is 12.1 Å². The highest BCUT2D eigenvalue weighted by atomic mass is 16.6. The van der Waals surface area contributed by atoms with Gasteiger partial charge in [-0.05, 0) is 37.5 Å². The number of hydrogen-bond acceptors (Lipinski definition) is 6. The van der Waals surface area contributed by atoms with Crippen molar-refractivity contribution in [3.05, 3.63) is 65.6 Å². The maximum Gasteiger partial charge on any atom is 0.343 e. The maximum absolute atomic E-state index is 11.2. The lowest BCUT2D eigenvalue weighted by atomic mass is 10.0. The number of nitrogens with one attached hydrogen (secondary N) is 1. The lowest BCUT2D eigenvalue weighted by Crippen LogP contribution is -2.32. The Hall–Kier alpha value is -2.83. The third-order valence-electron chi connectivity index (χ3n) is 4.86. The minimum atomic E-state index is -0.715. The van der Waals surface area contributed by atoms with Crippen LogP contribution in [0.4, 0.5) is 0 Å². The molecule has 2 N–H and O–H groups in total. The first-order chi connectivity index (χ1) is 14.0. The van der Waals surface area contributed by atoms with Gasteiger partial charge in [-0.1, -0.05) is 36.4 Å². The molecule has 6 nitrogen and oxygen atoms in total. The summed E-state index contributed by atoms with van der Waals surface area (Å²) in [5, 5.41) is 15.8. The molecule has 29 heavy (non-hydrogen) atoms. The fraction of sp³-hybridized carbons (Fsp3) is 0.348. The lowest BCUT2D eigenvalue weighted by Gasteiger charge is -2.17. The number of benzene rings is 2. The normalized spacial score (nSPS) is 13.2. The van der Waals surface area contributed by atoms with Gasteiger partial charge in [0.2, 0.25) is 0 Å². The van der Waals surface area contributed by atoms with Gasteiger partial charge in [-0.2, -0.15) is 0 Å². The van der Waals surface area contributed by atoms with E-state index in [1.165, 1.54) is 7.11 Å². The first-order valence-corrected chi connectivity index (χ1v) is 9.64. The second-order valence-electron chi connectivity index (χ2n) is 7.18. The minimum Gasteiger partial charge on any atom is -0.482 e. The summed E-state index contributed by atoms with van der Waals surface area (Å²) in [5.41, 5.74) is 2.10. The molecule has 0 amide bonds. The van der Waals surface area contributed by atoms with E-state index in [-0.39, 0.29) is 12.6 Å². The van der Waals surface area contributed by atoms with E-state index in [0.717, 1.165) is 28.3 Å². The molecule has 2 atom stereocenters. The Labute approximate surface area is 170 Å². The predicted molar refractivity (Wildman–Crippen MR) is 111 cm³/mol. The molecule has 1 aromatic heterocycles. The molecular formula is C23H27NO5. The Bertz CT molecular complexity index is 965. The Morgan fingerprint density at radius 1 is 1.24 bits per heavy atom. The average Bonchev–Trinajstić information content (AvgIpc) is 3.15. The molecule has 0 spiro atoms. The van der Waals surface area contributed by atoms with Crippen LogP contribution < -0.4 is 10.1 Å². The van der Waals surface area contributed by atoms with Gasteiger partial charge in [0, 0.05) is 23.4 Å². The number of aliphatic hydroxyl groups excluding tert-OH is 1. The highest BCUT2D eigenvalue weighted by molar-refractivity contribution is 5.84. The number of ether oxygens (including phenoxy) is 2. The molecule has 0 fully saturated rings. The van der Waals surface area contributed by atoms with Gasteiger partial charge in [0.05, 0.1) is 13.4 Å². The van der Waals surface area contributed by atoms with E-state index >= 15 is 0 Å². The van der Waals surface area contributed by atoms with Crippen LogP contribution in [0.3, 0.4) is 0 Å². The summed E-state index contributed by atoms with van der Waals surface area (Å²) in [7, 11) is 1.33. The predicted octanol–water partition coefficient (Wildman–Crippen LogP) is 3.55. The molecule has 0 saturated heterocycles. The first kappa shape index (κ1) is 20.9. The quantitative estimate of drug-likeness (QED) is 0.538. The van der Waals surface area contributed by atoms with Crippen LogP contribution in [-0.4, -0.2) is 37.4 Å². The standard InChI is InChI=1S/C23H27NO5/c1-15-10-17(8-9-21(15)28-14-22(26)27-3)11-16(2)24-12-20(25)23-19-7-5-4-6-18(19)13-29-23/h4-10,13,16,20,24-25H,11-12,14H2,1-3H3. The van der Waals surface area contributed by atoms with Crippen LogP contribution in [0.15, 0.2) is 53.1 Å². The van der Waals surface area contributed by atoms with Crippen LogP contribution in [0.25, 0.3) is 10.8 Å². The van der Waals surface area contributed by atoms with Crippen molar-refractivity contribution in [1.29, 1.82) is 0 Å². The van der Waals surface area contributed by atoms with E-state index in [4.69, 9.17) is 9.15 Å². The van der Waals surface area contributed by atoms with Gasteiger partial charge < -0.3 is 24.3 Å². The van der Waals surface area contributed by atoms with Gasteiger partial charge in [0.15, 0.2) is 6.61 Å². The topological polar surface area (TPSA) is 80.9 Å². The number of rotatable bonds is 9. The second kappa shape index (κ2) is 9.58. The average molecular weight is 397 g/mol. The molecule has 0 radical (unpaired) electrons. The number of methoxy groups -OCH3 is 1. The smallest absolute Gasteiger partial charge is 0.343 e. The van der Waals surface area contributed by atoms with E-state index in [1.807, 2.05) is 49.4 Å². The molecular weight excluding hydrogens is 370 g/mol. The van der Waals surface area contributed by atoms with Gasteiger partial charge in [0.1, 0.15) is 17.6 Å². The zero-order valence-corrected chi connectivity index (χ0v) is 17.0. The molecule has 3 aromatic rings. The minimum absolute atomic E-state index is 0.103. The summed E-state index contributed by atoms with van der Waals surface area (Å²) in [6, 6.07) is 13.8. The third-order valence-corrected chi connectivity index (χ3v) is 4.86. The van der Waals surface area contributed by atoms with Crippen molar-refractivity contribution >= 4 is 16.7 Å². The molecule has 0 aliphatic rings. The molecule has 0 aliphatic carbocycles. The van der Waals surface area contributed by atoms with Crippen molar-refractivity contribution < 1.29 is 23.8 Å². The number of esters is 1. The molecule has 0 bridgehead atoms. The van der Waals surface area contributed by atoms with Crippen LogP contribution in [0.2, 0.25) is 0 Å². The Kier molecular flexibility index (Phi) is 6.90. The molecule has 3 rings (SSSR count). The molecule has 6 heteroatoms. The molecule has 0 saturated carbocycles. The number of hydrogen-bond donors (Lipinski definition) is 2. The van der Waals surface area contributed by atoms with Crippen LogP contribution in [0, 0.1) is 6.92 Å². The van der Waals surface area contributed by atoms with Gasteiger partial charge in [-0.15, -0.1) is 0 Å². The first-order valence-electron chi connectivity index (χ1n) is 9.64. The monoisotopic (exact) mass is 397 g/mol. The van der Waals surface area contributed by atoms with Crippen molar-refractivity contribution in [2.75, 3.05) is 20.3 Å². The summed E-state index contributed by atoms with van der Waals surface area (Å²) < 4.78 is 15.6. The number of fused-ring (bicyclic) bond motifs is 1. The molecule has 1 heterocycles. The highest BCUT2D eigenvalue weighted by Gasteiger charge is 2.16.